The van der Waals surface area contributed by atoms with E-state index in [1.807, 2.05) is 0 Å². The maximum absolute atomic E-state index is 11.9. The molecule has 7 N–H and O–H groups in total. The van der Waals surface area contributed by atoms with Gasteiger partial charge in [-0.15, -0.1) is 0 Å². The van der Waals surface area contributed by atoms with Crippen LogP contribution in [0.1, 0.15) is 0 Å². The van der Waals surface area contributed by atoms with Crippen LogP contribution in [0.25, 0.3) is 11.0 Å². The zero-order chi connectivity index (χ0) is 20.9. The van der Waals surface area contributed by atoms with Crippen LogP contribution in [0.5, 0.6) is 0 Å². The first-order valence-electron chi connectivity index (χ1n) is 8.04. The van der Waals surface area contributed by atoms with Crippen molar-refractivity contribution in [3.63, 3.8) is 0 Å². The number of nitrogens with zero attached hydrogens (tertiary/aromatic N) is 2. The van der Waals surface area contributed by atoms with Crippen molar-refractivity contribution in [3.05, 3.63) is 22.6 Å². The third kappa shape index (κ3) is 7.46. The summed E-state index contributed by atoms with van der Waals surface area (Å²) < 4.78 is 33.7. The number of nitrogens with two attached hydrogens (primary N) is 1. The zero-order valence-electron chi connectivity index (χ0n) is 14.7. The van der Waals surface area contributed by atoms with E-state index in [4.69, 9.17) is 34.8 Å². The number of anilines is 1. The van der Waals surface area contributed by atoms with Gasteiger partial charge in [0, 0.05) is 18.7 Å². The lowest BCUT2D eigenvalue weighted by atomic mass is 10.2. The molecule has 0 fully saturated rings. The molecule has 0 aliphatic heterocycles. The molecule has 0 amide bonds. The Kier molecular flexibility index (Phi) is 7.54. The molecule has 15 heteroatoms. The van der Waals surface area contributed by atoms with Crippen molar-refractivity contribution in [2.24, 2.45) is 5.92 Å². The molecule has 2 rings (SSSR count). The van der Waals surface area contributed by atoms with Gasteiger partial charge in [0.1, 0.15) is 12.0 Å². The molecular formula is C13H22N4O9P2. The summed E-state index contributed by atoms with van der Waals surface area (Å²) in [6.07, 6.45) is 0.365. The summed E-state index contributed by atoms with van der Waals surface area (Å²) in [4.78, 5) is 53.8. The van der Waals surface area contributed by atoms with Crippen molar-refractivity contribution < 1.29 is 38.2 Å². The third-order valence-corrected chi connectivity index (χ3v) is 4.88. The molecule has 2 heterocycles. The largest absolute Gasteiger partial charge is 0.380 e. The highest BCUT2D eigenvalue weighted by molar-refractivity contribution is 7.51. The number of fused-ring (bicyclic) bond motifs is 1. The first-order chi connectivity index (χ1) is 12.9. The summed E-state index contributed by atoms with van der Waals surface area (Å²) in [7, 11) is -8.54. The van der Waals surface area contributed by atoms with E-state index in [0.29, 0.717) is 11.0 Å². The monoisotopic (exact) mass is 440 g/mol. The topological polar surface area (TPSA) is 210 Å². The van der Waals surface area contributed by atoms with Gasteiger partial charge in [-0.05, 0) is 6.07 Å². The van der Waals surface area contributed by atoms with Crippen LogP contribution < -0.4 is 11.3 Å². The molecule has 0 spiro atoms. The summed E-state index contributed by atoms with van der Waals surface area (Å²) in [6.45, 7) is -0.0914. The molecule has 0 saturated heterocycles. The fourth-order valence-electron chi connectivity index (χ4n) is 2.44. The van der Waals surface area contributed by atoms with Crippen LogP contribution in [0.4, 0.5) is 5.95 Å². The number of H-pyrrole nitrogens is 1. The summed E-state index contributed by atoms with van der Waals surface area (Å²) in [5, 5.41) is 0.312. The highest BCUT2D eigenvalue weighted by atomic mass is 31.2. The molecule has 0 bridgehead atoms. The van der Waals surface area contributed by atoms with E-state index < -0.39 is 39.2 Å². The minimum absolute atomic E-state index is 0.000491. The van der Waals surface area contributed by atoms with Crippen molar-refractivity contribution in [1.29, 1.82) is 0 Å². The van der Waals surface area contributed by atoms with Gasteiger partial charge in [0.2, 0.25) is 5.95 Å². The second kappa shape index (κ2) is 9.29. The highest BCUT2D eigenvalue weighted by Crippen LogP contribution is 2.34. The summed E-state index contributed by atoms with van der Waals surface area (Å²) in [5.74, 6) is -0.508. The van der Waals surface area contributed by atoms with Crippen LogP contribution in [0, 0.1) is 5.92 Å². The van der Waals surface area contributed by atoms with E-state index in [1.54, 1.807) is 16.8 Å². The standard InChI is InChI=1S/C13H22N4O9P2/c14-13-15-11-10(12(18)16-13)1-2-17(11)5-9(7-26-8-28(22,23)24)6-25-3-4-27(19,20)21/h1-2,9H,3-8H2,(H2,19,20,21)(H2,22,23,24)(H3,14,15,16,18). The van der Waals surface area contributed by atoms with Gasteiger partial charge in [-0.25, -0.2) is 0 Å². The number of aromatic nitrogens is 3. The minimum atomic E-state index is -4.35. The van der Waals surface area contributed by atoms with Crippen LogP contribution in [0.15, 0.2) is 17.1 Å². The van der Waals surface area contributed by atoms with E-state index in [-0.39, 0.29) is 32.3 Å². The van der Waals surface area contributed by atoms with Crippen molar-refractivity contribution in [1.82, 2.24) is 14.5 Å². The van der Waals surface area contributed by atoms with Gasteiger partial charge in [-0.3, -0.25) is 18.9 Å². The Bertz CT molecular complexity index is 947. The van der Waals surface area contributed by atoms with E-state index >= 15 is 0 Å². The Morgan fingerprint density at radius 1 is 1.18 bits per heavy atom. The molecule has 0 saturated carbocycles. The van der Waals surface area contributed by atoms with Crippen LogP contribution in [-0.2, 0) is 25.1 Å². The molecular weight excluding hydrogens is 418 g/mol. The van der Waals surface area contributed by atoms with E-state index in [1.165, 1.54) is 0 Å². The number of rotatable bonds is 11. The van der Waals surface area contributed by atoms with Gasteiger partial charge >= 0.3 is 15.2 Å². The lowest BCUT2D eigenvalue weighted by molar-refractivity contribution is 0.0468. The third-order valence-electron chi connectivity index (χ3n) is 3.60. The molecule has 158 valence electrons. The van der Waals surface area contributed by atoms with Gasteiger partial charge in [0.05, 0.1) is 31.4 Å². The number of nitrogen functional groups attached to an aromatic ring is 1. The van der Waals surface area contributed by atoms with Gasteiger partial charge in [0.25, 0.3) is 5.56 Å². The van der Waals surface area contributed by atoms with Gasteiger partial charge in [-0.2, -0.15) is 4.98 Å². The number of hydrogen-bond acceptors (Lipinski definition) is 7. The fourth-order valence-corrected chi connectivity index (χ4v) is 3.15. The Morgan fingerprint density at radius 3 is 2.50 bits per heavy atom. The molecule has 0 aliphatic rings. The van der Waals surface area contributed by atoms with Crippen LogP contribution in [0.2, 0.25) is 0 Å². The second-order valence-corrected chi connectivity index (χ2v) is 9.51. The lowest BCUT2D eigenvalue weighted by Crippen LogP contribution is -2.23. The SMILES string of the molecule is Nc1nc2c(ccn2CC(COCCP(=O)(O)O)COCP(=O)(O)O)c(=O)[nH]1. The van der Waals surface area contributed by atoms with Gasteiger partial charge in [-0.1, -0.05) is 0 Å². The minimum Gasteiger partial charge on any atom is -0.380 e. The van der Waals surface area contributed by atoms with Gasteiger partial charge in [0.15, 0.2) is 0 Å². The van der Waals surface area contributed by atoms with Crippen molar-refractivity contribution in [2.75, 3.05) is 38.1 Å². The molecule has 2 aromatic heterocycles. The van der Waals surface area contributed by atoms with Crippen molar-refractivity contribution in [2.45, 2.75) is 6.54 Å². The van der Waals surface area contributed by atoms with E-state index in [0.717, 1.165) is 0 Å². The molecule has 1 atom stereocenters. The predicted molar refractivity (Wildman–Crippen MR) is 98.8 cm³/mol. The fraction of sp³-hybridized carbons (Fsp3) is 0.538. The first kappa shape index (κ1) is 22.7. The average Bonchev–Trinajstić information content (AvgIpc) is 2.92. The van der Waals surface area contributed by atoms with Crippen LogP contribution >= 0.6 is 15.2 Å². The highest BCUT2D eigenvalue weighted by Gasteiger charge is 2.19. The Hall–Kier alpha value is -1.56. The smallest absolute Gasteiger partial charge is 0.350 e. The molecule has 1 unspecified atom stereocenters. The average molecular weight is 440 g/mol. The summed E-state index contributed by atoms with van der Waals surface area (Å²) >= 11 is 0. The summed E-state index contributed by atoms with van der Waals surface area (Å²) in [6, 6.07) is 1.54. The molecule has 0 aliphatic carbocycles. The molecule has 0 aromatic carbocycles. The molecule has 28 heavy (non-hydrogen) atoms. The second-order valence-electron chi connectivity index (χ2n) is 6.15. The molecule has 2 aromatic rings. The van der Waals surface area contributed by atoms with E-state index in [9.17, 15) is 13.9 Å². The quantitative estimate of drug-likeness (QED) is 0.189. The zero-order valence-corrected chi connectivity index (χ0v) is 16.5. The Labute approximate surface area is 158 Å². The number of aromatic amines is 1. The molecule has 13 nitrogen and oxygen atoms in total. The normalized spacial score (nSPS) is 13.9. The Morgan fingerprint density at radius 2 is 1.86 bits per heavy atom. The number of nitrogens with one attached hydrogen (secondary N) is 1. The molecule has 0 radical (unpaired) electrons. The first-order valence-corrected chi connectivity index (χ1v) is 11.6. The van der Waals surface area contributed by atoms with Crippen LogP contribution in [0.3, 0.4) is 0 Å². The Balaban J connectivity index is 2.08. The van der Waals surface area contributed by atoms with Crippen LogP contribution in [-0.4, -0.2) is 66.4 Å². The number of hydrogen-bond donors (Lipinski definition) is 6. The van der Waals surface area contributed by atoms with Gasteiger partial charge < -0.3 is 39.3 Å². The number of ether oxygens (including phenoxy) is 2. The van der Waals surface area contributed by atoms with Crippen molar-refractivity contribution >= 4 is 32.2 Å². The maximum atomic E-state index is 11.9. The maximum Gasteiger partial charge on any atom is 0.350 e. The van der Waals surface area contributed by atoms with E-state index in [2.05, 4.69) is 9.97 Å². The lowest BCUT2D eigenvalue weighted by Gasteiger charge is -2.19. The summed E-state index contributed by atoms with van der Waals surface area (Å²) in [5.41, 5.74) is 5.47. The van der Waals surface area contributed by atoms with Crippen molar-refractivity contribution in [3.8, 4) is 0 Å². The predicted octanol–water partition coefficient (Wildman–Crippen LogP) is -0.731.